The van der Waals surface area contributed by atoms with E-state index in [1.54, 1.807) is 38.2 Å². The summed E-state index contributed by atoms with van der Waals surface area (Å²) in [6.45, 7) is 0.376. The van der Waals surface area contributed by atoms with Crippen molar-refractivity contribution in [2.45, 2.75) is 0 Å². The molecule has 0 unspecified atom stereocenters. The highest BCUT2D eigenvalue weighted by molar-refractivity contribution is 5.97. The van der Waals surface area contributed by atoms with E-state index in [0.717, 1.165) is 0 Å². The molecule has 0 heterocycles. The summed E-state index contributed by atoms with van der Waals surface area (Å²) in [4.78, 5) is 26.5. The number of rotatable bonds is 5. The van der Waals surface area contributed by atoms with Crippen molar-refractivity contribution < 1.29 is 14.7 Å². The van der Waals surface area contributed by atoms with Crippen LogP contribution in [0.15, 0.2) is 24.3 Å². The Hall–Kier alpha value is -1.88. The zero-order chi connectivity index (χ0) is 13.7. The summed E-state index contributed by atoms with van der Waals surface area (Å²) < 4.78 is 0. The number of Topliss-reactive ketones (excluding diaryl/α,β-unsaturated/α-hetero) is 1. The Morgan fingerprint density at radius 1 is 1.06 bits per heavy atom. The van der Waals surface area contributed by atoms with Gasteiger partial charge in [-0.25, -0.2) is 0 Å². The second kappa shape index (κ2) is 6.16. The first-order valence-electron chi connectivity index (χ1n) is 5.61. The van der Waals surface area contributed by atoms with Crippen LogP contribution < -0.4 is 0 Å². The van der Waals surface area contributed by atoms with E-state index in [4.69, 9.17) is 5.11 Å². The molecule has 1 N–H and O–H groups in total. The number of phenolic OH excluding ortho intramolecular Hbond substituents is 1. The van der Waals surface area contributed by atoms with Crippen molar-refractivity contribution in [3.63, 3.8) is 0 Å². The minimum atomic E-state index is -0.0796. The predicted molar refractivity (Wildman–Crippen MR) is 68.6 cm³/mol. The minimum Gasteiger partial charge on any atom is -0.508 e. The Morgan fingerprint density at radius 2 is 1.61 bits per heavy atom. The maximum absolute atomic E-state index is 11.9. The van der Waals surface area contributed by atoms with Gasteiger partial charge in [-0.05, 0) is 31.3 Å². The molecule has 1 amide bonds. The molecule has 0 aliphatic carbocycles. The van der Waals surface area contributed by atoms with Gasteiger partial charge < -0.3 is 10.0 Å². The lowest BCUT2D eigenvalue weighted by atomic mass is 10.1. The van der Waals surface area contributed by atoms with Crippen LogP contribution in [0, 0.1) is 0 Å². The third-order valence-corrected chi connectivity index (χ3v) is 2.51. The Balaban J connectivity index is 2.54. The number of phenols is 1. The first-order chi connectivity index (χ1) is 8.40. The number of ketones is 1. The molecule has 0 aliphatic heterocycles. The second-order valence-electron chi connectivity index (χ2n) is 4.43. The van der Waals surface area contributed by atoms with Crippen molar-refractivity contribution in [2.75, 3.05) is 34.2 Å². The van der Waals surface area contributed by atoms with E-state index >= 15 is 0 Å². The average Bonchev–Trinajstić information content (AvgIpc) is 2.29. The van der Waals surface area contributed by atoms with E-state index in [-0.39, 0.29) is 30.5 Å². The molecule has 5 heteroatoms. The van der Waals surface area contributed by atoms with E-state index in [0.29, 0.717) is 5.56 Å². The lowest BCUT2D eigenvalue weighted by Gasteiger charge is -2.18. The normalized spacial score (nSPS) is 10.4. The zero-order valence-electron chi connectivity index (χ0n) is 10.9. The largest absolute Gasteiger partial charge is 0.508 e. The average molecular weight is 250 g/mol. The molecule has 5 nitrogen and oxygen atoms in total. The number of carbonyl (C=O) groups is 2. The van der Waals surface area contributed by atoms with Gasteiger partial charge >= 0.3 is 0 Å². The van der Waals surface area contributed by atoms with E-state index in [1.807, 2.05) is 0 Å². The van der Waals surface area contributed by atoms with Crippen molar-refractivity contribution in [1.82, 2.24) is 9.80 Å². The van der Waals surface area contributed by atoms with Gasteiger partial charge in [0.15, 0.2) is 5.78 Å². The number of aromatic hydroxyl groups is 1. The van der Waals surface area contributed by atoms with Gasteiger partial charge in [0.05, 0.1) is 13.1 Å². The Kier molecular flexibility index (Phi) is 4.85. The van der Waals surface area contributed by atoms with Crippen molar-refractivity contribution in [1.29, 1.82) is 0 Å². The molecule has 0 saturated carbocycles. The molecule has 0 radical (unpaired) electrons. The standard InChI is InChI=1S/C13H18N2O3/c1-14(2)13(18)9-15(3)8-12(17)10-4-6-11(16)7-5-10/h4-7,16H,8-9H2,1-3H3. The second-order valence-corrected chi connectivity index (χ2v) is 4.43. The summed E-state index contributed by atoms with van der Waals surface area (Å²) >= 11 is 0. The van der Waals surface area contributed by atoms with Gasteiger partial charge in [-0.15, -0.1) is 0 Å². The van der Waals surface area contributed by atoms with Crippen LogP contribution in [-0.4, -0.2) is 60.8 Å². The first kappa shape index (κ1) is 14.2. The lowest BCUT2D eigenvalue weighted by molar-refractivity contribution is -0.129. The molecule has 1 rings (SSSR count). The molecule has 0 saturated heterocycles. The zero-order valence-corrected chi connectivity index (χ0v) is 10.9. The van der Waals surface area contributed by atoms with Gasteiger partial charge in [0, 0.05) is 19.7 Å². The van der Waals surface area contributed by atoms with Crippen molar-refractivity contribution in [2.24, 2.45) is 0 Å². The third-order valence-electron chi connectivity index (χ3n) is 2.51. The monoisotopic (exact) mass is 250 g/mol. The van der Waals surface area contributed by atoms with Crippen LogP contribution in [0.3, 0.4) is 0 Å². The number of likely N-dealkylation sites (N-methyl/N-ethyl adjacent to an activating group) is 2. The molecule has 1 aromatic carbocycles. The maximum atomic E-state index is 11.9. The Bertz CT molecular complexity index is 426. The van der Waals surface area contributed by atoms with Crippen molar-refractivity contribution in [3.05, 3.63) is 29.8 Å². The van der Waals surface area contributed by atoms with Gasteiger partial charge in [-0.3, -0.25) is 14.5 Å². The molecule has 1 aromatic rings. The highest BCUT2D eigenvalue weighted by Crippen LogP contribution is 2.10. The predicted octanol–water partition coefficient (Wildman–Crippen LogP) is 0.595. The third kappa shape index (κ3) is 4.18. The number of nitrogens with zero attached hydrogens (tertiary/aromatic N) is 2. The Labute approximate surface area is 107 Å². The van der Waals surface area contributed by atoms with Crippen LogP contribution in [0.2, 0.25) is 0 Å². The van der Waals surface area contributed by atoms with Gasteiger partial charge in [-0.2, -0.15) is 0 Å². The minimum absolute atomic E-state index is 0.0454. The van der Waals surface area contributed by atoms with Crippen molar-refractivity contribution >= 4 is 11.7 Å². The van der Waals surface area contributed by atoms with E-state index in [9.17, 15) is 9.59 Å². The molecular formula is C13H18N2O3. The fourth-order valence-corrected chi connectivity index (χ4v) is 1.41. The SMILES string of the molecule is CN(CC(=O)c1ccc(O)cc1)CC(=O)N(C)C. The van der Waals surface area contributed by atoms with Crippen LogP contribution in [0.4, 0.5) is 0 Å². The summed E-state index contributed by atoms with van der Waals surface area (Å²) in [5.41, 5.74) is 0.525. The molecule has 0 fully saturated rings. The molecule has 0 aromatic heterocycles. The molecule has 98 valence electrons. The highest BCUT2D eigenvalue weighted by atomic mass is 16.3. The number of amides is 1. The highest BCUT2D eigenvalue weighted by Gasteiger charge is 2.13. The number of hydrogen-bond acceptors (Lipinski definition) is 4. The topological polar surface area (TPSA) is 60.9 Å². The molecule has 0 spiro atoms. The first-order valence-corrected chi connectivity index (χ1v) is 5.61. The van der Waals surface area contributed by atoms with Crippen molar-refractivity contribution in [3.8, 4) is 5.75 Å². The van der Waals surface area contributed by atoms with Crippen LogP contribution in [0.25, 0.3) is 0 Å². The Morgan fingerprint density at radius 3 is 2.11 bits per heavy atom. The fraction of sp³-hybridized carbons (Fsp3) is 0.385. The number of benzene rings is 1. The number of hydrogen-bond donors (Lipinski definition) is 1. The van der Waals surface area contributed by atoms with E-state index in [1.165, 1.54) is 17.0 Å². The smallest absolute Gasteiger partial charge is 0.236 e. The van der Waals surface area contributed by atoms with Gasteiger partial charge in [0.1, 0.15) is 5.75 Å². The molecule has 0 aliphatic rings. The van der Waals surface area contributed by atoms with Crippen LogP contribution in [0.1, 0.15) is 10.4 Å². The quantitative estimate of drug-likeness (QED) is 0.777. The molecule has 18 heavy (non-hydrogen) atoms. The van der Waals surface area contributed by atoms with Crippen LogP contribution in [0.5, 0.6) is 5.75 Å². The maximum Gasteiger partial charge on any atom is 0.236 e. The summed E-state index contributed by atoms with van der Waals surface area (Å²) in [7, 11) is 5.08. The van der Waals surface area contributed by atoms with Crippen LogP contribution in [-0.2, 0) is 4.79 Å². The lowest BCUT2D eigenvalue weighted by Crippen LogP contribution is -2.36. The van der Waals surface area contributed by atoms with Gasteiger partial charge in [0.2, 0.25) is 5.91 Å². The molecule has 0 atom stereocenters. The fourth-order valence-electron chi connectivity index (χ4n) is 1.41. The van der Waals surface area contributed by atoms with Gasteiger partial charge in [0.25, 0.3) is 0 Å². The van der Waals surface area contributed by atoms with E-state index < -0.39 is 0 Å². The summed E-state index contributed by atoms with van der Waals surface area (Å²) in [5.74, 6) is 0.00255. The summed E-state index contributed by atoms with van der Waals surface area (Å²) in [5, 5.41) is 9.13. The molecular weight excluding hydrogens is 232 g/mol. The molecule has 0 bridgehead atoms. The van der Waals surface area contributed by atoms with Crippen LogP contribution >= 0.6 is 0 Å². The summed E-state index contributed by atoms with van der Waals surface area (Å²) in [6.07, 6.45) is 0. The van der Waals surface area contributed by atoms with Gasteiger partial charge in [-0.1, -0.05) is 0 Å². The number of carbonyl (C=O) groups excluding carboxylic acids is 2. The summed E-state index contributed by atoms with van der Waals surface area (Å²) in [6, 6.07) is 6.08. The van der Waals surface area contributed by atoms with E-state index in [2.05, 4.69) is 0 Å².